The molecule has 0 aliphatic heterocycles. The van der Waals surface area contributed by atoms with Gasteiger partial charge in [0, 0.05) is 0 Å². The number of carbonyl (C=O) groups is 1. The lowest BCUT2D eigenvalue weighted by Crippen LogP contribution is -2.45. The highest BCUT2D eigenvalue weighted by atomic mass is 32.2. The van der Waals surface area contributed by atoms with E-state index in [0.29, 0.717) is 5.56 Å². The van der Waals surface area contributed by atoms with Crippen molar-refractivity contribution in [2.24, 2.45) is 0 Å². The van der Waals surface area contributed by atoms with Gasteiger partial charge in [-0.25, -0.2) is 8.42 Å². The minimum Gasteiger partial charge on any atom is -0.480 e. The number of nitrogens with one attached hydrogen (secondary N) is 1. The average molecular weight is 282 g/mol. The van der Waals surface area contributed by atoms with Crippen molar-refractivity contribution in [2.75, 3.05) is 0 Å². The molecule has 0 amide bonds. The molecule has 19 heavy (non-hydrogen) atoms. The standard InChI is InChI=1S/C12H14N2O4S/c1-9(8-13)19(17,18)14-11(12(15)16)7-10-5-3-2-4-6-10/h2-6,9,11,14H,7H2,1H3,(H,15,16). The topological polar surface area (TPSA) is 107 Å². The molecule has 2 N–H and O–H groups in total. The summed E-state index contributed by atoms with van der Waals surface area (Å²) in [6.45, 7) is 1.20. The molecule has 1 rings (SSSR count). The normalized spacial score (nSPS) is 14.3. The third-order valence-electron chi connectivity index (χ3n) is 2.53. The number of sulfonamides is 1. The molecule has 0 spiro atoms. The van der Waals surface area contributed by atoms with Crippen LogP contribution in [-0.4, -0.2) is 30.8 Å². The maximum absolute atomic E-state index is 11.7. The van der Waals surface area contributed by atoms with Gasteiger partial charge in [0.05, 0.1) is 6.07 Å². The van der Waals surface area contributed by atoms with Gasteiger partial charge < -0.3 is 5.11 Å². The number of carboxylic acid groups (broad SMARTS) is 1. The van der Waals surface area contributed by atoms with E-state index in [0.717, 1.165) is 0 Å². The van der Waals surface area contributed by atoms with Gasteiger partial charge in [0.2, 0.25) is 10.0 Å². The molecule has 0 heterocycles. The highest BCUT2D eigenvalue weighted by Gasteiger charge is 2.28. The predicted molar refractivity (Wildman–Crippen MR) is 68.7 cm³/mol. The fourth-order valence-electron chi connectivity index (χ4n) is 1.40. The van der Waals surface area contributed by atoms with Crippen LogP contribution in [0.3, 0.4) is 0 Å². The van der Waals surface area contributed by atoms with E-state index in [-0.39, 0.29) is 6.42 Å². The smallest absolute Gasteiger partial charge is 0.322 e. The minimum absolute atomic E-state index is 0.0214. The Morgan fingerprint density at radius 1 is 1.42 bits per heavy atom. The van der Waals surface area contributed by atoms with Crippen molar-refractivity contribution >= 4 is 16.0 Å². The van der Waals surface area contributed by atoms with Crippen molar-refractivity contribution in [3.05, 3.63) is 35.9 Å². The van der Waals surface area contributed by atoms with Crippen molar-refractivity contribution < 1.29 is 18.3 Å². The van der Waals surface area contributed by atoms with Crippen LogP contribution in [-0.2, 0) is 21.2 Å². The Morgan fingerprint density at radius 3 is 2.47 bits per heavy atom. The first-order valence-electron chi connectivity index (χ1n) is 5.54. The summed E-state index contributed by atoms with van der Waals surface area (Å²) in [7, 11) is -3.97. The van der Waals surface area contributed by atoms with Gasteiger partial charge in [0.1, 0.15) is 6.04 Å². The number of carboxylic acids is 1. The lowest BCUT2D eigenvalue weighted by molar-refractivity contribution is -0.138. The Balaban J connectivity index is 2.87. The molecule has 0 aliphatic rings. The quantitative estimate of drug-likeness (QED) is 0.790. The summed E-state index contributed by atoms with van der Waals surface area (Å²) in [4.78, 5) is 11.1. The molecule has 2 unspecified atom stereocenters. The zero-order valence-electron chi connectivity index (χ0n) is 10.3. The maximum atomic E-state index is 11.7. The van der Waals surface area contributed by atoms with Crippen LogP contribution < -0.4 is 4.72 Å². The Kier molecular flexibility index (Phi) is 5.03. The molecule has 102 valence electrons. The molecule has 0 aliphatic carbocycles. The molecular weight excluding hydrogens is 268 g/mol. The highest BCUT2D eigenvalue weighted by molar-refractivity contribution is 7.90. The number of nitrogens with zero attached hydrogens (tertiary/aromatic N) is 1. The summed E-state index contributed by atoms with van der Waals surface area (Å²) in [6, 6.07) is 8.95. The highest BCUT2D eigenvalue weighted by Crippen LogP contribution is 2.06. The van der Waals surface area contributed by atoms with Crippen LogP contribution in [0.15, 0.2) is 30.3 Å². The summed E-state index contributed by atoms with van der Waals surface area (Å²) >= 11 is 0. The summed E-state index contributed by atoms with van der Waals surface area (Å²) < 4.78 is 25.4. The van der Waals surface area contributed by atoms with E-state index in [2.05, 4.69) is 0 Å². The predicted octanol–water partition coefficient (Wildman–Crippen LogP) is 0.514. The molecule has 6 nitrogen and oxygen atoms in total. The molecule has 0 radical (unpaired) electrons. The van der Waals surface area contributed by atoms with Crippen molar-refractivity contribution in [3.63, 3.8) is 0 Å². The second-order valence-corrected chi connectivity index (χ2v) is 6.05. The van der Waals surface area contributed by atoms with Crippen LogP contribution in [0, 0.1) is 11.3 Å². The molecule has 0 saturated heterocycles. The number of hydrogen-bond acceptors (Lipinski definition) is 4. The number of benzene rings is 1. The van der Waals surface area contributed by atoms with Crippen LogP contribution >= 0.6 is 0 Å². The van der Waals surface area contributed by atoms with Crippen molar-refractivity contribution in [1.29, 1.82) is 5.26 Å². The summed E-state index contributed by atoms with van der Waals surface area (Å²) in [6.07, 6.45) is 0.0214. The van der Waals surface area contributed by atoms with Crippen LogP contribution in [0.25, 0.3) is 0 Å². The van der Waals surface area contributed by atoms with E-state index in [1.165, 1.54) is 6.92 Å². The first kappa shape index (κ1) is 15.1. The molecule has 1 aromatic rings. The summed E-state index contributed by atoms with van der Waals surface area (Å²) in [5.41, 5.74) is 0.696. The van der Waals surface area contributed by atoms with E-state index in [1.54, 1.807) is 36.4 Å². The van der Waals surface area contributed by atoms with E-state index in [4.69, 9.17) is 10.4 Å². The van der Waals surface area contributed by atoms with Crippen molar-refractivity contribution in [1.82, 2.24) is 4.72 Å². The first-order chi connectivity index (χ1) is 8.86. The number of rotatable bonds is 6. The maximum Gasteiger partial charge on any atom is 0.322 e. The molecule has 2 atom stereocenters. The van der Waals surface area contributed by atoms with Gasteiger partial charge in [-0.3, -0.25) is 4.79 Å². The molecule has 0 fully saturated rings. The van der Waals surface area contributed by atoms with Crippen LogP contribution in [0.4, 0.5) is 0 Å². The van der Waals surface area contributed by atoms with Crippen LogP contribution in [0.5, 0.6) is 0 Å². The summed E-state index contributed by atoms with van der Waals surface area (Å²) in [5.74, 6) is -1.28. The van der Waals surface area contributed by atoms with E-state index < -0.39 is 27.3 Å². The van der Waals surface area contributed by atoms with Gasteiger partial charge in [0.25, 0.3) is 0 Å². The Bertz CT molecular complexity index is 577. The first-order valence-corrected chi connectivity index (χ1v) is 7.09. The SMILES string of the molecule is CC(C#N)S(=O)(=O)NC(Cc1ccccc1)C(=O)O. The molecule has 0 bridgehead atoms. The van der Waals surface area contributed by atoms with E-state index in [1.807, 2.05) is 4.72 Å². The molecule has 7 heteroatoms. The van der Waals surface area contributed by atoms with E-state index >= 15 is 0 Å². The zero-order valence-corrected chi connectivity index (χ0v) is 11.1. The fourth-order valence-corrected chi connectivity index (χ4v) is 2.32. The summed E-state index contributed by atoms with van der Waals surface area (Å²) in [5, 5.41) is 16.3. The van der Waals surface area contributed by atoms with Gasteiger partial charge in [-0.1, -0.05) is 30.3 Å². The van der Waals surface area contributed by atoms with Gasteiger partial charge in [0.15, 0.2) is 5.25 Å². The zero-order chi connectivity index (χ0) is 14.5. The second kappa shape index (κ2) is 6.31. The minimum atomic E-state index is -3.97. The Labute approximate surface area is 111 Å². The average Bonchev–Trinajstić information content (AvgIpc) is 2.37. The molecule has 0 aromatic heterocycles. The monoisotopic (exact) mass is 282 g/mol. The number of hydrogen-bond donors (Lipinski definition) is 2. The van der Waals surface area contributed by atoms with E-state index in [9.17, 15) is 13.2 Å². The lowest BCUT2D eigenvalue weighted by atomic mass is 10.1. The van der Waals surface area contributed by atoms with Gasteiger partial charge in [-0.05, 0) is 18.9 Å². The molecule has 1 aromatic carbocycles. The van der Waals surface area contributed by atoms with Gasteiger partial charge in [-0.2, -0.15) is 9.98 Å². The largest absolute Gasteiger partial charge is 0.480 e. The van der Waals surface area contributed by atoms with Gasteiger partial charge >= 0.3 is 5.97 Å². The number of nitriles is 1. The Morgan fingerprint density at radius 2 is 2.00 bits per heavy atom. The van der Waals surface area contributed by atoms with Crippen molar-refractivity contribution in [2.45, 2.75) is 24.6 Å². The van der Waals surface area contributed by atoms with Crippen LogP contribution in [0.1, 0.15) is 12.5 Å². The fraction of sp³-hybridized carbons (Fsp3) is 0.333. The Hall–Kier alpha value is -1.91. The molecule has 0 saturated carbocycles. The van der Waals surface area contributed by atoms with Crippen molar-refractivity contribution in [3.8, 4) is 6.07 Å². The lowest BCUT2D eigenvalue weighted by Gasteiger charge is -2.15. The second-order valence-electron chi connectivity index (χ2n) is 4.01. The van der Waals surface area contributed by atoms with Crippen LogP contribution in [0.2, 0.25) is 0 Å². The third kappa shape index (κ3) is 4.35. The van der Waals surface area contributed by atoms with Gasteiger partial charge in [-0.15, -0.1) is 0 Å². The third-order valence-corrected chi connectivity index (χ3v) is 4.18. The number of aliphatic carboxylic acids is 1. The molecular formula is C12H14N2O4S.